The van der Waals surface area contributed by atoms with Gasteiger partial charge < -0.3 is 15.0 Å². The Kier molecular flexibility index (Phi) is 7.08. The van der Waals surface area contributed by atoms with Crippen molar-refractivity contribution in [3.8, 4) is 0 Å². The molecule has 1 saturated heterocycles. The van der Waals surface area contributed by atoms with Gasteiger partial charge in [-0.25, -0.2) is 18.4 Å². The first-order chi connectivity index (χ1) is 10.1. The number of ether oxygens (including phenoxy) is 1. The number of hydrogen-bond acceptors (Lipinski definition) is 5. The van der Waals surface area contributed by atoms with Gasteiger partial charge >= 0.3 is 6.09 Å². The van der Waals surface area contributed by atoms with Gasteiger partial charge in [0.15, 0.2) is 0 Å². The molecule has 22 heavy (non-hydrogen) atoms. The Morgan fingerprint density at radius 3 is 2.59 bits per heavy atom. The molecule has 130 valence electrons. The first-order valence-corrected chi connectivity index (χ1v) is 9.50. The minimum absolute atomic E-state index is 0.00322. The first kappa shape index (κ1) is 19.2. The molecular weight excluding hydrogens is 306 g/mol. The van der Waals surface area contributed by atoms with Crippen LogP contribution in [0.3, 0.4) is 0 Å². The number of hydrogen-bond donors (Lipinski definition) is 2. The van der Waals surface area contributed by atoms with Crippen LogP contribution in [0, 0.1) is 0 Å². The molecule has 0 radical (unpaired) electrons. The van der Waals surface area contributed by atoms with Gasteiger partial charge in [0, 0.05) is 19.1 Å². The van der Waals surface area contributed by atoms with E-state index in [0.29, 0.717) is 32.1 Å². The molecule has 0 aromatic heterocycles. The molecule has 7 nitrogen and oxygen atoms in total. The average molecular weight is 335 g/mol. The van der Waals surface area contributed by atoms with E-state index in [1.807, 2.05) is 20.8 Å². The van der Waals surface area contributed by atoms with Crippen molar-refractivity contribution in [2.75, 3.05) is 25.4 Å². The number of rotatable bonds is 5. The zero-order valence-corrected chi connectivity index (χ0v) is 14.6. The molecule has 1 aliphatic rings. The summed E-state index contributed by atoms with van der Waals surface area (Å²) in [5, 5.41) is 8.31. The maximum Gasteiger partial charge on any atom is 0.410 e. The SMILES string of the molecule is CC(C)(C)OC(=O)N1CCCC(NCCCS(N)(=O)=O)CC1. The summed E-state index contributed by atoms with van der Waals surface area (Å²) in [6.07, 6.45) is 2.96. The Labute approximate surface area is 133 Å². The van der Waals surface area contributed by atoms with Crippen LogP contribution in [0.1, 0.15) is 46.5 Å². The zero-order valence-electron chi connectivity index (χ0n) is 13.8. The Balaban J connectivity index is 2.32. The number of nitrogens with two attached hydrogens (primary N) is 1. The fourth-order valence-electron chi connectivity index (χ4n) is 2.39. The van der Waals surface area contributed by atoms with E-state index in [0.717, 1.165) is 19.3 Å². The quantitative estimate of drug-likeness (QED) is 0.731. The molecule has 0 aromatic rings. The van der Waals surface area contributed by atoms with Crippen molar-refractivity contribution in [3.05, 3.63) is 0 Å². The van der Waals surface area contributed by atoms with E-state index in [1.54, 1.807) is 4.90 Å². The molecule has 1 heterocycles. The van der Waals surface area contributed by atoms with Gasteiger partial charge in [0.25, 0.3) is 0 Å². The topological polar surface area (TPSA) is 102 Å². The summed E-state index contributed by atoms with van der Waals surface area (Å²) in [5.74, 6) is -0.00322. The van der Waals surface area contributed by atoms with Crippen LogP contribution in [0.4, 0.5) is 4.79 Å². The lowest BCUT2D eigenvalue weighted by Gasteiger charge is -2.26. The fourth-order valence-corrected chi connectivity index (χ4v) is 2.94. The van der Waals surface area contributed by atoms with Crippen molar-refractivity contribution >= 4 is 16.1 Å². The summed E-state index contributed by atoms with van der Waals surface area (Å²) in [4.78, 5) is 13.8. The minimum Gasteiger partial charge on any atom is -0.444 e. The van der Waals surface area contributed by atoms with Crippen LogP contribution >= 0.6 is 0 Å². The number of primary sulfonamides is 1. The molecule has 3 N–H and O–H groups in total. The first-order valence-electron chi connectivity index (χ1n) is 7.78. The predicted octanol–water partition coefficient (Wildman–Crippen LogP) is 1.04. The molecule has 0 saturated carbocycles. The second-order valence-corrected chi connectivity index (χ2v) is 8.50. The highest BCUT2D eigenvalue weighted by Gasteiger charge is 2.24. The summed E-state index contributed by atoms with van der Waals surface area (Å²) >= 11 is 0. The Hall–Kier alpha value is -0.860. The van der Waals surface area contributed by atoms with Crippen molar-refractivity contribution in [2.24, 2.45) is 5.14 Å². The highest BCUT2D eigenvalue weighted by Crippen LogP contribution is 2.15. The van der Waals surface area contributed by atoms with Crippen LogP contribution in [0.5, 0.6) is 0 Å². The lowest BCUT2D eigenvalue weighted by Crippen LogP contribution is -2.38. The predicted molar refractivity (Wildman–Crippen MR) is 86.0 cm³/mol. The summed E-state index contributed by atoms with van der Waals surface area (Å²) in [7, 11) is -3.38. The van der Waals surface area contributed by atoms with Crippen molar-refractivity contribution < 1.29 is 17.9 Å². The summed E-state index contributed by atoms with van der Waals surface area (Å²) < 4.78 is 27.1. The van der Waals surface area contributed by atoms with Crippen molar-refractivity contribution in [1.82, 2.24) is 10.2 Å². The highest BCUT2D eigenvalue weighted by atomic mass is 32.2. The zero-order chi connectivity index (χ0) is 16.8. The van der Waals surface area contributed by atoms with E-state index in [9.17, 15) is 13.2 Å². The Morgan fingerprint density at radius 1 is 1.32 bits per heavy atom. The molecule has 0 aliphatic carbocycles. The second-order valence-electron chi connectivity index (χ2n) is 6.77. The average Bonchev–Trinajstić information content (AvgIpc) is 2.57. The van der Waals surface area contributed by atoms with Gasteiger partial charge in [0.05, 0.1) is 5.75 Å². The van der Waals surface area contributed by atoms with Gasteiger partial charge in [-0.2, -0.15) is 0 Å². The smallest absolute Gasteiger partial charge is 0.410 e. The van der Waals surface area contributed by atoms with Gasteiger partial charge in [-0.15, -0.1) is 0 Å². The monoisotopic (exact) mass is 335 g/mol. The minimum atomic E-state index is -3.38. The molecule has 0 spiro atoms. The second kappa shape index (κ2) is 8.12. The van der Waals surface area contributed by atoms with E-state index in [1.165, 1.54) is 0 Å². The van der Waals surface area contributed by atoms with Crippen LogP contribution in [0.2, 0.25) is 0 Å². The lowest BCUT2D eigenvalue weighted by molar-refractivity contribution is 0.0256. The fraction of sp³-hybridized carbons (Fsp3) is 0.929. The van der Waals surface area contributed by atoms with E-state index in [-0.39, 0.29) is 11.8 Å². The Bertz CT molecular complexity index is 459. The van der Waals surface area contributed by atoms with E-state index >= 15 is 0 Å². The number of nitrogens with one attached hydrogen (secondary N) is 1. The summed E-state index contributed by atoms with van der Waals surface area (Å²) in [5.41, 5.74) is -0.477. The molecule has 1 rings (SSSR count). The van der Waals surface area contributed by atoms with Gasteiger partial charge in [-0.05, 0) is 53.0 Å². The number of likely N-dealkylation sites (tertiary alicyclic amines) is 1. The van der Waals surface area contributed by atoms with Crippen LogP contribution in [-0.2, 0) is 14.8 Å². The van der Waals surface area contributed by atoms with Crippen LogP contribution < -0.4 is 10.5 Å². The molecular formula is C14H29N3O4S. The number of amides is 1. The maximum atomic E-state index is 12.0. The van der Waals surface area contributed by atoms with E-state index in [4.69, 9.17) is 9.88 Å². The van der Waals surface area contributed by atoms with Gasteiger partial charge in [0.1, 0.15) is 5.60 Å². The molecule has 0 aromatic carbocycles. The summed E-state index contributed by atoms with van der Waals surface area (Å²) in [6.45, 7) is 7.55. The van der Waals surface area contributed by atoms with Gasteiger partial charge in [-0.3, -0.25) is 0 Å². The third-order valence-corrected chi connectivity index (χ3v) is 4.28. The summed E-state index contributed by atoms with van der Waals surface area (Å²) in [6, 6.07) is 0.299. The van der Waals surface area contributed by atoms with Gasteiger partial charge in [-0.1, -0.05) is 0 Å². The normalized spacial score (nSPS) is 20.5. The largest absolute Gasteiger partial charge is 0.444 e. The molecule has 1 amide bonds. The number of sulfonamides is 1. The van der Waals surface area contributed by atoms with E-state index in [2.05, 4.69) is 5.32 Å². The highest BCUT2D eigenvalue weighted by molar-refractivity contribution is 7.89. The van der Waals surface area contributed by atoms with Crippen molar-refractivity contribution in [2.45, 2.75) is 58.1 Å². The third kappa shape index (κ3) is 8.55. The molecule has 1 unspecified atom stereocenters. The van der Waals surface area contributed by atoms with Crippen LogP contribution in [0.15, 0.2) is 0 Å². The number of nitrogens with zero attached hydrogens (tertiary/aromatic N) is 1. The molecule has 1 atom stereocenters. The Morgan fingerprint density at radius 2 is 2.00 bits per heavy atom. The molecule has 1 fully saturated rings. The standard InChI is InChI=1S/C14H29N3O4S/c1-14(2,3)21-13(18)17-9-4-6-12(7-10-17)16-8-5-11-22(15,19)20/h12,16H,4-11H2,1-3H3,(H2,15,19,20). The maximum absolute atomic E-state index is 12.0. The van der Waals surface area contributed by atoms with Crippen molar-refractivity contribution in [3.63, 3.8) is 0 Å². The molecule has 0 bridgehead atoms. The van der Waals surface area contributed by atoms with Crippen molar-refractivity contribution in [1.29, 1.82) is 0 Å². The number of carbonyl (C=O) groups excluding carboxylic acids is 1. The molecule has 1 aliphatic heterocycles. The third-order valence-electron chi connectivity index (χ3n) is 3.42. The molecule has 8 heteroatoms. The lowest BCUT2D eigenvalue weighted by atomic mass is 10.1. The van der Waals surface area contributed by atoms with E-state index < -0.39 is 15.6 Å². The van der Waals surface area contributed by atoms with Gasteiger partial charge in [0.2, 0.25) is 10.0 Å². The van der Waals surface area contributed by atoms with Crippen LogP contribution in [-0.4, -0.2) is 56.4 Å². The number of carbonyl (C=O) groups is 1. The van der Waals surface area contributed by atoms with Crippen LogP contribution in [0.25, 0.3) is 0 Å².